The van der Waals surface area contributed by atoms with Crippen LogP contribution in [0.3, 0.4) is 0 Å². The van der Waals surface area contributed by atoms with Gasteiger partial charge in [-0.25, -0.2) is 0 Å². The summed E-state index contributed by atoms with van der Waals surface area (Å²) in [6, 6.07) is 3.60. The largest absolute Gasteiger partial charge is 0.496 e. The molecule has 3 rings (SSSR count). The van der Waals surface area contributed by atoms with Crippen LogP contribution < -0.4 is 20.7 Å². The Morgan fingerprint density at radius 3 is 2.83 bits per heavy atom. The molecule has 2 aliphatic rings. The van der Waals surface area contributed by atoms with Crippen molar-refractivity contribution in [3.05, 3.63) is 22.7 Å². The number of nitrogens with one attached hydrogen (secondary N) is 3. The van der Waals surface area contributed by atoms with E-state index in [0.29, 0.717) is 28.1 Å². The summed E-state index contributed by atoms with van der Waals surface area (Å²) in [5.41, 5.74) is 0.461. The Labute approximate surface area is 146 Å². The second-order valence-corrected chi connectivity index (χ2v) is 6.93. The van der Waals surface area contributed by atoms with Gasteiger partial charge >= 0.3 is 0 Å². The second-order valence-electron chi connectivity index (χ2n) is 6.52. The molecule has 2 bridgehead atoms. The minimum absolute atomic E-state index is 0.224. The maximum Gasteiger partial charge on any atom is 0.256 e. The van der Waals surface area contributed by atoms with Crippen LogP contribution >= 0.6 is 11.6 Å². The van der Waals surface area contributed by atoms with Gasteiger partial charge in [0.05, 0.1) is 29.0 Å². The molecule has 7 heteroatoms. The average molecular weight is 352 g/mol. The molecule has 0 aromatic heterocycles. The number of carbonyl (C=O) groups is 2. The van der Waals surface area contributed by atoms with Crippen molar-refractivity contribution in [2.45, 2.75) is 50.7 Å². The van der Waals surface area contributed by atoms with Crippen LogP contribution in [0.15, 0.2) is 12.1 Å². The van der Waals surface area contributed by atoms with E-state index in [-0.39, 0.29) is 17.5 Å². The zero-order valence-corrected chi connectivity index (χ0v) is 14.6. The van der Waals surface area contributed by atoms with Crippen molar-refractivity contribution in [3.63, 3.8) is 0 Å². The summed E-state index contributed by atoms with van der Waals surface area (Å²) in [5.74, 6) is -0.0842. The number of rotatable bonds is 4. The number of fused-ring (bicyclic) bond motifs is 2. The molecule has 24 heavy (non-hydrogen) atoms. The lowest BCUT2D eigenvalue weighted by Crippen LogP contribution is -2.58. The van der Waals surface area contributed by atoms with Crippen LogP contribution in [0.2, 0.25) is 5.02 Å². The first-order valence-electron chi connectivity index (χ1n) is 8.18. The number of hydrogen-bond donors (Lipinski definition) is 3. The molecule has 1 aromatic rings. The van der Waals surface area contributed by atoms with Gasteiger partial charge in [0.15, 0.2) is 0 Å². The molecule has 6 nitrogen and oxygen atoms in total. The zero-order valence-electron chi connectivity index (χ0n) is 13.9. The minimum Gasteiger partial charge on any atom is -0.496 e. The monoisotopic (exact) mass is 351 g/mol. The Bertz CT molecular complexity index is 675. The van der Waals surface area contributed by atoms with Crippen molar-refractivity contribution in [2.75, 3.05) is 12.4 Å². The first-order valence-corrected chi connectivity index (χ1v) is 8.55. The highest BCUT2D eigenvalue weighted by molar-refractivity contribution is 6.34. The van der Waals surface area contributed by atoms with Crippen LogP contribution in [0.1, 0.15) is 49.4 Å². The molecular weight excluding hydrogens is 330 g/mol. The fourth-order valence-electron chi connectivity index (χ4n) is 3.65. The summed E-state index contributed by atoms with van der Waals surface area (Å²) in [7, 11) is 1.49. The average Bonchev–Trinajstić information content (AvgIpc) is 2.82. The lowest BCUT2D eigenvalue weighted by molar-refractivity contribution is -0.114. The van der Waals surface area contributed by atoms with Crippen molar-refractivity contribution in [3.8, 4) is 5.75 Å². The zero-order chi connectivity index (χ0) is 17.3. The van der Waals surface area contributed by atoms with Crippen LogP contribution in [-0.4, -0.2) is 30.6 Å². The highest BCUT2D eigenvalue weighted by Gasteiger charge is 2.42. The predicted molar refractivity (Wildman–Crippen MR) is 92.5 cm³/mol. The van der Waals surface area contributed by atoms with Crippen molar-refractivity contribution in [2.24, 2.45) is 0 Å². The molecule has 2 amide bonds. The fourth-order valence-corrected chi connectivity index (χ4v) is 3.86. The lowest BCUT2D eigenvalue weighted by atomic mass is 9.99. The van der Waals surface area contributed by atoms with E-state index in [4.69, 9.17) is 16.3 Å². The maximum atomic E-state index is 12.8. The summed E-state index contributed by atoms with van der Waals surface area (Å²) < 4.78 is 5.32. The van der Waals surface area contributed by atoms with Gasteiger partial charge in [-0.2, -0.15) is 0 Å². The number of hydrogen-bond acceptors (Lipinski definition) is 4. The van der Waals surface area contributed by atoms with Gasteiger partial charge in [-0.15, -0.1) is 0 Å². The SMILES string of the molecule is COc1cc(NC(C)=O)c(Cl)cc1C(=O)NC12CCCC(CC1)N2. The summed E-state index contributed by atoms with van der Waals surface area (Å²) in [4.78, 5) is 24.0. The highest BCUT2D eigenvalue weighted by Crippen LogP contribution is 2.35. The third kappa shape index (κ3) is 3.35. The van der Waals surface area contributed by atoms with Crippen LogP contribution in [0, 0.1) is 0 Å². The van der Waals surface area contributed by atoms with Gasteiger partial charge in [0, 0.05) is 19.0 Å². The van der Waals surface area contributed by atoms with E-state index >= 15 is 0 Å². The number of ether oxygens (including phenoxy) is 1. The Balaban J connectivity index is 1.84. The lowest BCUT2D eigenvalue weighted by Gasteiger charge is -2.35. The topological polar surface area (TPSA) is 79.5 Å². The van der Waals surface area contributed by atoms with Crippen molar-refractivity contribution < 1.29 is 14.3 Å². The molecule has 1 aromatic carbocycles. The number of benzene rings is 1. The highest BCUT2D eigenvalue weighted by atomic mass is 35.5. The predicted octanol–water partition coefficient (Wildman–Crippen LogP) is 2.67. The van der Waals surface area contributed by atoms with Gasteiger partial charge in [0.25, 0.3) is 5.91 Å². The van der Waals surface area contributed by atoms with Crippen LogP contribution in [0.4, 0.5) is 5.69 Å². The van der Waals surface area contributed by atoms with Crippen LogP contribution in [0.5, 0.6) is 5.75 Å². The first kappa shape index (κ1) is 17.0. The molecule has 130 valence electrons. The van der Waals surface area contributed by atoms with Gasteiger partial charge in [0.1, 0.15) is 5.75 Å². The smallest absolute Gasteiger partial charge is 0.256 e. The summed E-state index contributed by atoms with van der Waals surface area (Å²) in [6.45, 7) is 1.40. The van der Waals surface area contributed by atoms with Crippen molar-refractivity contribution >= 4 is 29.1 Å². The second kappa shape index (κ2) is 6.61. The van der Waals surface area contributed by atoms with Gasteiger partial charge < -0.3 is 15.4 Å². The Hall–Kier alpha value is -1.79. The molecule has 2 fully saturated rings. The molecule has 0 spiro atoms. The van der Waals surface area contributed by atoms with E-state index in [1.54, 1.807) is 6.07 Å². The Kier molecular flexibility index (Phi) is 4.69. The quantitative estimate of drug-likeness (QED) is 0.779. The normalized spacial score (nSPS) is 25.2. The number of methoxy groups -OCH3 is 1. The molecule has 2 unspecified atom stereocenters. The van der Waals surface area contributed by atoms with Gasteiger partial charge in [-0.05, 0) is 38.2 Å². The molecule has 0 saturated carbocycles. The summed E-state index contributed by atoms with van der Waals surface area (Å²) in [6.07, 6.45) is 5.22. The number of piperidine rings is 1. The molecular formula is C17H22ClN3O3. The van der Waals surface area contributed by atoms with Crippen LogP contribution in [0.25, 0.3) is 0 Å². The molecule has 2 aliphatic heterocycles. The van der Waals surface area contributed by atoms with Gasteiger partial charge in [-0.1, -0.05) is 11.6 Å². The molecule has 0 aliphatic carbocycles. The summed E-state index contributed by atoms with van der Waals surface area (Å²) in [5, 5.41) is 9.58. The van der Waals surface area contributed by atoms with E-state index in [2.05, 4.69) is 16.0 Å². The number of amides is 2. The number of halogens is 1. The number of anilines is 1. The molecule has 2 atom stereocenters. The van der Waals surface area contributed by atoms with E-state index in [1.807, 2.05) is 0 Å². The first-order chi connectivity index (χ1) is 11.4. The van der Waals surface area contributed by atoms with Gasteiger partial charge in [0.2, 0.25) is 5.91 Å². The number of carbonyl (C=O) groups excluding carboxylic acids is 2. The third-order valence-electron chi connectivity index (χ3n) is 4.75. The van der Waals surface area contributed by atoms with E-state index in [1.165, 1.54) is 20.1 Å². The van der Waals surface area contributed by atoms with E-state index in [9.17, 15) is 9.59 Å². The maximum absolute atomic E-state index is 12.8. The molecule has 0 radical (unpaired) electrons. The van der Waals surface area contributed by atoms with E-state index < -0.39 is 0 Å². The minimum atomic E-state index is -0.326. The van der Waals surface area contributed by atoms with E-state index in [0.717, 1.165) is 32.1 Å². The molecule has 2 heterocycles. The fraction of sp³-hybridized carbons (Fsp3) is 0.529. The molecule has 3 N–H and O–H groups in total. The Morgan fingerprint density at radius 2 is 2.12 bits per heavy atom. The van der Waals surface area contributed by atoms with Crippen LogP contribution in [-0.2, 0) is 4.79 Å². The van der Waals surface area contributed by atoms with Crippen molar-refractivity contribution in [1.29, 1.82) is 0 Å². The standard InChI is InChI=1S/C17H22ClN3O3/c1-10(22)19-14-9-15(24-2)12(8-13(14)18)16(23)21-17-6-3-4-11(20-17)5-7-17/h8-9,11,20H,3-7H2,1-2H3,(H,19,22)(H,21,23). The van der Waals surface area contributed by atoms with Crippen molar-refractivity contribution in [1.82, 2.24) is 10.6 Å². The Morgan fingerprint density at radius 1 is 1.33 bits per heavy atom. The summed E-state index contributed by atoms with van der Waals surface area (Å²) >= 11 is 6.20. The molecule has 2 saturated heterocycles. The van der Waals surface area contributed by atoms with Gasteiger partial charge in [-0.3, -0.25) is 14.9 Å². The third-order valence-corrected chi connectivity index (χ3v) is 5.07.